The summed E-state index contributed by atoms with van der Waals surface area (Å²) in [6, 6.07) is 7.15. The van der Waals surface area contributed by atoms with E-state index in [-0.39, 0.29) is 5.78 Å². The molecule has 0 saturated heterocycles. The lowest BCUT2D eigenvalue weighted by molar-refractivity contribution is 0.102. The zero-order chi connectivity index (χ0) is 8.27. The highest BCUT2D eigenvalue weighted by Gasteiger charge is 2.01. The average molecular weight is 231 g/mol. The Hall–Kier alpha value is -0.280. The van der Waals surface area contributed by atoms with Crippen molar-refractivity contribution in [3.63, 3.8) is 0 Å². The highest BCUT2D eigenvalue weighted by Crippen LogP contribution is 2.08. The van der Waals surface area contributed by atoms with Crippen molar-refractivity contribution in [3.05, 3.63) is 29.8 Å². The number of rotatable bonds is 2. The van der Waals surface area contributed by atoms with E-state index < -0.39 is 0 Å². The molecule has 0 aliphatic heterocycles. The number of hydrogen-bond donors (Lipinski definition) is 1. The van der Waals surface area contributed by atoms with E-state index in [0.717, 1.165) is 10.5 Å². The Morgan fingerprint density at radius 1 is 1.36 bits per heavy atom. The van der Waals surface area contributed by atoms with E-state index in [1.165, 1.54) is 0 Å². The summed E-state index contributed by atoms with van der Waals surface area (Å²) in [6.45, 7) is 0. The first-order valence-corrected chi connectivity index (χ1v) is 4.69. The third-order valence-electron chi connectivity index (χ3n) is 1.31. The largest absolute Gasteiger partial charge is 0.293 e. The van der Waals surface area contributed by atoms with E-state index in [2.05, 4.69) is 28.6 Å². The molecule has 1 aromatic carbocycles. The van der Waals surface area contributed by atoms with E-state index in [4.69, 9.17) is 0 Å². The number of ketones is 1. The Bertz CT molecular complexity index is 255. The van der Waals surface area contributed by atoms with Gasteiger partial charge < -0.3 is 0 Å². The first kappa shape index (κ1) is 8.81. The SMILES string of the molecule is O=C(CBr)c1ccc(S)cc1. The summed E-state index contributed by atoms with van der Waals surface area (Å²) in [5.41, 5.74) is 0.722. The van der Waals surface area contributed by atoms with Gasteiger partial charge in [-0.3, -0.25) is 4.79 Å². The van der Waals surface area contributed by atoms with Gasteiger partial charge in [-0.1, -0.05) is 28.1 Å². The molecule has 1 nitrogen and oxygen atoms in total. The van der Waals surface area contributed by atoms with Crippen LogP contribution in [0.25, 0.3) is 0 Å². The van der Waals surface area contributed by atoms with Crippen LogP contribution in [-0.4, -0.2) is 11.1 Å². The van der Waals surface area contributed by atoms with Crippen LogP contribution in [0.1, 0.15) is 10.4 Å². The fraction of sp³-hybridized carbons (Fsp3) is 0.125. The van der Waals surface area contributed by atoms with E-state index in [1.54, 1.807) is 24.3 Å². The summed E-state index contributed by atoms with van der Waals surface area (Å²) >= 11 is 7.21. The van der Waals surface area contributed by atoms with Gasteiger partial charge in [0.15, 0.2) is 5.78 Å². The molecule has 0 radical (unpaired) electrons. The van der Waals surface area contributed by atoms with Crippen LogP contribution < -0.4 is 0 Å². The van der Waals surface area contributed by atoms with Crippen molar-refractivity contribution in [2.45, 2.75) is 4.90 Å². The number of carbonyl (C=O) groups is 1. The van der Waals surface area contributed by atoms with Crippen molar-refractivity contribution in [1.29, 1.82) is 0 Å². The molecule has 0 aliphatic carbocycles. The molecule has 0 N–H and O–H groups in total. The second-order valence-electron chi connectivity index (χ2n) is 2.10. The second-order valence-corrected chi connectivity index (χ2v) is 3.18. The minimum Gasteiger partial charge on any atom is -0.293 e. The van der Waals surface area contributed by atoms with E-state index in [0.29, 0.717) is 5.33 Å². The van der Waals surface area contributed by atoms with Crippen LogP contribution >= 0.6 is 28.6 Å². The van der Waals surface area contributed by atoms with Gasteiger partial charge in [0.1, 0.15) is 0 Å². The van der Waals surface area contributed by atoms with Gasteiger partial charge >= 0.3 is 0 Å². The minimum absolute atomic E-state index is 0.0957. The molecular weight excluding hydrogens is 224 g/mol. The third-order valence-corrected chi connectivity index (χ3v) is 2.12. The zero-order valence-corrected chi connectivity index (χ0v) is 8.23. The number of alkyl halides is 1. The molecule has 1 aromatic rings. The van der Waals surface area contributed by atoms with Crippen LogP contribution in [0.4, 0.5) is 0 Å². The maximum absolute atomic E-state index is 11.1. The average Bonchev–Trinajstić information content (AvgIpc) is 2.05. The van der Waals surface area contributed by atoms with E-state index in [9.17, 15) is 4.79 Å². The van der Waals surface area contributed by atoms with Gasteiger partial charge in [0, 0.05) is 10.5 Å². The van der Waals surface area contributed by atoms with Crippen LogP contribution in [0.3, 0.4) is 0 Å². The van der Waals surface area contributed by atoms with Gasteiger partial charge in [0.25, 0.3) is 0 Å². The number of Topliss-reactive ketones (excluding diaryl/α,β-unsaturated/α-hetero) is 1. The van der Waals surface area contributed by atoms with Crippen molar-refractivity contribution in [3.8, 4) is 0 Å². The van der Waals surface area contributed by atoms with Crippen LogP contribution in [0.5, 0.6) is 0 Å². The molecule has 0 aromatic heterocycles. The molecule has 58 valence electrons. The summed E-state index contributed by atoms with van der Waals surface area (Å²) in [6.07, 6.45) is 0. The predicted octanol–water partition coefficient (Wildman–Crippen LogP) is 2.55. The molecule has 0 atom stereocenters. The molecule has 0 unspecified atom stereocenters. The Balaban J connectivity index is 2.90. The van der Waals surface area contributed by atoms with Gasteiger partial charge in [-0.2, -0.15) is 0 Å². The lowest BCUT2D eigenvalue weighted by Crippen LogP contribution is -1.98. The molecule has 0 bridgehead atoms. The monoisotopic (exact) mass is 230 g/mol. The van der Waals surface area contributed by atoms with Gasteiger partial charge in [0.05, 0.1) is 5.33 Å². The molecule has 0 saturated carbocycles. The van der Waals surface area contributed by atoms with Crippen molar-refractivity contribution in [2.24, 2.45) is 0 Å². The minimum atomic E-state index is 0.0957. The Morgan fingerprint density at radius 2 is 1.91 bits per heavy atom. The van der Waals surface area contributed by atoms with Crippen LogP contribution in [-0.2, 0) is 0 Å². The molecule has 0 spiro atoms. The van der Waals surface area contributed by atoms with Crippen molar-refractivity contribution in [2.75, 3.05) is 5.33 Å². The molecular formula is C8H7BrOS. The summed E-state index contributed by atoms with van der Waals surface area (Å²) < 4.78 is 0. The van der Waals surface area contributed by atoms with Gasteiger partial charge in [-0.05, 0) is 12.1 Å². The Kier molecular flexibility index (Phi) is 3.15. The quantitative estimate of drug-likeness (QED) is 0.470. The first-order valence-electron chi connectivity index (χ1n) is 3.12. The van der Waals surface area contributed by atoms with E-state index in [1.807, 2.05) is 0 Å². The summed E-state index contributed by atoms with van der Waals surface area (Å²) in [7, 11) is 0. The number of benzene rings is 1. The fourth-order valence-corrected chi connectivity index (χ4v) is 1.20. The van der Waals surface area contributed by atoms with Crippen LogP contribution in [0.15, 0.2) is 29.2 Å². The van der Waals surface area contributed by atoms with Crippen molar-refractivity contribution < 1.29 is 4.79 Å². The Labute approximate surface area is 79.3 Å². The fourth-order valence-electron chi connectivity index (χ4n) is 0.724. The molecule has 0 heterocycles. The Morgan fingerprint density at radius 3 is 2.36 bits per heavy atom. The van der Waals surface area contributed by atoms with Crippen molar-refractivity contribution >= 4 is 34.3 Å². The highest BCUT2D eigenvalue weighted by atomic mass is 79.9. The molecule has 0 aliphatic rings. The third kappa shape index (κ3) is 2.34. The van der Waals surface area contributed by atoms with Gasteiger partial charge in [-0.25, -0.2) is 0 Å². The predicted molar refractivity (Wildman–Crippen MR) is 51.8 cm³/mol. The first-order chi connectivity index (χ1) is 5.24. The van der Waals surface area contributed by atoms with Crippen LogP contribution in [0, 0.1) is 0 Å². The molecule has 0 fully saturated rings. The zero-order valence-electron chi connectivity index (χ0n) is 5.75. The lowest BCUT2D eigenvalue weighted by Gasteiger charge is -1.95. The topological polar surface area (TPSA) is 17.1 Å². The number of halogens is 1. The maximum Gasteiger partial charge on any atom is 0.173 e. The lowest BCUT2D eigenvalue weighted by atomic mass is 10.2. The number of hydrogen-bond acceptors (Lipinski definition) is 2. The van der Waals surface area contributed by atoms with Crippen molar-refractivity contribution in [1.82, 2.24) is 0 Å². The molecule has 11 heavy (non-hydrogen) atoms. The highest BCUT2D eigenvalue weighted by molar-refractivity contribution is 9.09. The summed E-state index contributed by atoms with van der Waals surface area (Å²) in [5.74, 6) is 0.0957. The standard InChI is InChI=1S/C8H7BrOS/c9-5-8(10)6-1-3-7(11)4-2-6/h1-4,11H,5H2. The summed E-state index contributed by atoms with van der Waals surface area (Å²) in [4.78, 5) is 11.9. The second kappa shape index (κ2) is 3.93. The number of thiol groups is 1. The van der Waals surface area contributed by atoms with Crippen LogP contribution in [0.2, 0.25) is 0 Å². The van der Waals surface area contributed by atoms with E-state index >= 15 is 0 Å². The normalized spacial score (nSPS) is 9.64. The molecule has 3 heteroatoms. The van der Waals surface area contributed by atoms with Gasteiger partial charge in [-0.15, -0.1) is 12.6 Å². The molecule has 0 amide bonds. The number of carbonyl (C=O) groups excluding carboxylic acids is 1. The van der Waals surface area contributed by atoms with Gasteiger partial charge in [0.2, 0.25) is 0 Å². The summed E-state index contributed by atoms with van der Waals surface area (Å²) in [5, 5.41) is 0.374. The smallest absolute Gasteiger partial charge is 0.173 e. The maximum atomic E-state index is 11.1. The molecule has 1 rings (SSSR count).